The Morgan fingerprint density at radius 1 is 1.10 bits per heavy atom. The highest BCUT2D eigenvalue weighted by Gasteiger charge is 2.45. The summed E-state index contributed by atoms with van der Waals surface area (Å²) in [5.41, 5.74) is 1.97. The lowest BCUT2D eigenvalue weighted by Crippen LogP contribution is -2.60. The average molecular weight is 277 g/mol. The normalized spacial score (nSPS) is 22.9. The zero-order valence-electron chi connectivity index (χ0n) is 13.3. The molecule has 1 aromatic carbocycles. The van der Waals surface area contributed by atoms with Gasteiger partial charge in [-0.25, -0.2) is 0 Å². The maximum Gasteiger partial charge on any atom is 0.0720 e. The molecule has 1 N–H and O–H groups in total. The maximum atomic E-state index is 10.3. The summed E-state index contributed by atoms with van der Waals surface area (Å²) in [6, 6.07) is 8.46. The smallest absolute Gasteiger partial charge is 0.0720 e. The zero-order chi connectivity index (χ0) is 15.0. The highest BCUT2D eigenvalue weighted by molar-refractivity contribution is 5.20. The van der Waals surface area contributed by atoms with E-state index >= 15 is 0 Å². The number of hydrogen-bond donors (Lipinski definition) is 1. The van der Waals surface area contributed by atoms with Crippen LogP contribution in [0.15, 0.2) is 24.3 Å². The molecule has 20 heavy (non-hydrogen) atoms. The van der Waals surface area contributed by atoms with Crippen molar-refractivity contribution in [3.05, 3.63) is 35.4 Å². The van der Waals surface area contributed by atoms with Gasteiger partial charge in [0, 0.05) is 11.1 Å². The number of hydrogen-bond acceptors (Lipinski definition) is 3. The molecule has 1 saturated heterocycles. The van der Waals surface area contributed by atoms with Gasteiger partial charge >= 0.3 is 0 Å². The van der Waals surface area contributed by atoms with E-state index in [1.165, 1.54) is 16.2 Å². The molecule has 0 radical (unpaired) electrons. The molecule has 0 aliphatic carbocycles. The Hall–Kier alpha value is -0.900. The SMILES string of the molecule is Cc1ccc(COC2CC(C)(C)N(O)C(C)(C)C2)cc1. The lowest BCUT2D eigenvalue weighted by molar-refractivity contribution is -0.262. The second-order valence-electron chi connectivity index (χ2n) is 7.26. The van der Waals surface area contributed by atoms with Gasteiger partial charge in [0.15, 0.2) is 0 Å². The van der Waals surface area contributed by atoms with Crippen LogP contribution in [0.2, 0.25) is 0 Å². The number of piperidine rings is 1. The summed E-state index contributed by atoms with van der Waals surface area (Å²) in [4.78, 5) is 0. The number of benzene rings is 1. The second-order valence-corrected chi connectivity index (χ2v) is 7.26. The van der Waals surface area contributed by atoms with E-state index in [1.54, 1.807) is 0 Å². The monoisotopic (exact) mass is 277 g/mol. The van der Waals surface area contributed by atoms with Gasteiger partial charge in [0.25, 0.3) is 0 Å². The molecule has 1 aromatic rings. The van der Waals surface area contributed by atoms with E-state index in [2.05, 4.69) is 58.9 Å². The average Bonchev–Trinajstić information content (AvgIpc) is 2.35. The third-order valence-corrected chi connectivity index (χ3v) is 4.21. The van der Waals surface area contributed by atoms with E-state index in [1.807, 2.05) is 0 Å². The minimum atomic E-state index is -0.250. The van der Waals surface area contributed by atoms with E-state index in [0.29, 0.717) is 6.61 Å². The summed E-state index contributed by atoms with van der Waals surface area (Å²) in [5, 5.41) is 11.8. The summed E-state index contributed by atoms with van der Waals surface area (Å²) in [6.45, 7) is 11.0. The molecule has 1 aliphatic heterocycles. The van der Waals surface area contributed by atoms with Crippen molar-refractivity contribution < 1.29 is 9.94 Å². The fourth-order valence-corrected chi connectivity index (χ4v) is 3.19. The van der Waals surface area contributed by atoms with Crippen LogP contribution < -0.4 is 0 Å². The van der Waals surface area contributed by atoms with Crippen molar-refractivity contribution in [2.75, 3.05) is 0 Å². The number of aryl methyl sites for hydroxylation is 1. The summed E-state index contributed by atoms with van der Waals surface area (Å²) in [7, 11) is 0. The number of hydroxylamine groups is 2. The molecule has 0 spiro atoms. The lowest BCUT2D eigenvalue weighted by Gasteiger charge is -2.51. The first-order chi connectivity index (χ1) is 9.21. The molecule has 3 nitrogen and oxygen atoms in total. The summed E-state index contributed by atoms with van der Waals surface area (Å²) >= 11 is 0. The topological polar surface area (TPSA) is 32.7 Å². The van der Waals surface area contributed by atoms with Gasteiger partial charge in [-0.15, -0.1) is 0 Å². The summed E-state index contributed by atoms with van der Waals surface area (Å²) in [6.07, 6.45) is 1.88. The fourth-order valence-electron chi connectivity index (χ4n) is 3.19. The molecule has 1 fully saturated rings. The quantitative estimate of drug-likeness (QED) is 0.909. The molecule has 3 heteroatoms. The van der Waals surface area contributed by atoms with Crippen LogP contribution in [0.3, 0.4) is 0 Å². The summed E-state index contributed by atoms with van der Waals surface area (Å²) in [5.74, 6) is 0. The first-order valence-corrected chi connectivity index (χ1v) is 7.37. The van der Waals surface area contributed by atoms with Crippen LogP contribution in [0.5, 0.6) is 0 Å². The van der Waals surface area contributed by atoms with E-state index in [9.17, 15) is 5.21 Å². The number of nitrogens with zero attached hydrogens (tertiary/aromatic N) is 1. The van der Waals surface area contributed by atoms with Crippen LogP contribution in [0.1, 0.15) is 51.7 Å². The van der Waals surface area contributed by atoms with Crippen LogP contribution in [0.25, 0.3) is 0 Å². The van der Waals surface area contributed by atoms with Gasteiger partial charge in [-0.2, -0.15) is 5.06 Å². The standard InChI is InChI=1S/C17H27NO2/c1-13-6-8-14(9-7-13)12-20-15-10-16(2,3)18(19)17(4,5)11-15/h6-9,15,19H,10-12H2,1-5H3. The molecule has 0 atom stereocenters. The van der Waals surface area contributed by atoms with Crippen molar-refractivity contribution in [3.8, 4) is 0 Å². The molecule has 112 valence electrons. The minimum Gasteiger partial charge on any atom is -0.373 e. The molecule has 0 aromatic heterocycles. The van der Waals surface area contributed by atoms with E-state index in [4.69, 9.17) is 4.74 Å². The van der Waals surface area contributed by atoms with Crippen molar-refractivity contribution >= 4 is 0 Å². The first-order valence-electron chi connectivity index (χ1n) is 7.37. The van der Waals surface area contributed by atoms with Gasteiger partial charge in [0.2, 0.25) is 0 Å². The Labute approximate surface area is 122 Å². The Bertz CT molecular complexity index is 433. The highest BCUT2D eigenvalue weighted by Crippen LogP contribution is 2.38. The van der Waals surface area contributed by atoms with Crippen molar-refractivity contribution in [2.24, 2.45) is 0 Å². The maximum absolute atomic E-state index is 10.3. The van der Waals surface area contributed by atoms with Gasteiger partial charge in [-0.3, -0.25) is 0 Å². The molecule has 1 aliphatic rings. The van der Waals surface area contributed by atoms with E-state index in [-0.39, 0.29) is 17.2 Å². The van der Waals surface area contributed by atoms with Crippen LogP contribution in [-0.4, -0.2) is 27.5 Å². The highest BCUT2D eigenvalue weighted by atomic mass is 16.5. The van der Waals surface area contributed by atoms with Crippen LogP contribution in [0, 0.1) is 6.92 Å². The molecule has 0 saturated carbocycles. The van der Waals surface area contributed by atoms with Crippen molar-refractivity contribution in [1.82, 2.24) is 5.06 Å². The van der Waals surface area contributed by atoms with Crippen LogP contribution in [-0.2, 0) is 11.3 Å². The lowest BCUT2D eigenvalue weighted by atomic mass is 9.80. The predicted molar refractivity (Wildman–Crippen MR) is 80.8 cm³/mol. The Morgan fingerprint density at radius 2 is 1.60 bits per heavy atom. The third kappa shape index (κ3) is 3.40. The minimum absolute atomic E-state index is 0.185. The van der Waals surface area contributed by atoms with Crippen molar-refractivity contribution in [1.29, 1.82) is 0 Å². The Balaban J connectivity index is 1.98. The molecule has 2 rings (SSSR count). The van der Waals surface area contributed by atoms with Gasteiger partial charge < -0.3 is 9.94 Å². The first kappa shape index (κ1) is 15.5. The molecule has 0 unspecified atom stereocenters. The number of rotatable bonds is 3. The Morgan fingerprint density at radius 3 is 2.10 bits per heavy atom. The van der Waals surface area contributed by atoms with Crippen LogP contribution >= 0.6 is 0 Å². The van der Waals surface area contributed by atoms with Crippen molar-refractivity contribution in [2.45, 2.75) is 71.2 Å². The molecule has 1 heterocycles. The third-order valence-electron chi connectivity index (χ3n) is 4.21. The molecule has 0 bridgehead atoms. The van der Waals surface area contributed by atoms with Gasteiger partial charge in [-0.05, 0) is 53.0 Å². The molecular weight excluding hydrogens is 250 g/mol. The largest absolute Gasteiger partial charge is 0.373 e. The second kappa shape index (κ2) is 5.47. The summed E-state index contributed by atoms with van der Waals surface area (Å²) < 4.78 is 6.09. The molecule has 0 amide bonds. The van der Waals surface area contributed by atoms with E-state index < -0.39 is 0 Å². The van der Waals surface area contributed by atoms with Crippen LogP contribution in [0.4, 0.5) is 0 Å². The molecular formula is C17H27NO2. The fraction of sp³-hybridized carbons (Fsp3) is 0.647. The van der Waals surface area contributed by atoms with Gasteiger partial charge in [0.1, 0.15) is 0 Å². The van der Waals surface area contributed by atoms with Crippen molar-refractivity contribution in [3.63, 3.8) is 0 Å². The predicted octanol–water partition coefficient (Wildman–Crippen LogP) is 3.92. The van der Waals surface area contributed by atoms with Gasteiger partial charge in [0.05, 0.1) is 12.7 Å². The Kier molecular flexibility index (Phi) is 4.24. The van der Waals surface area contributed by atoms with Gasteiger partial charge in [-0.1, -0.05) is 29.8 Å². The zero-order valence-corrected chi connectivity index (χ0v) is 13.3. The van der Waals surface area contributed by atoms with E-state index in [0.717, 1.165) is 12.8 Å². The number of ether oxygens (including phenoxy) is 1.